The quantitative estimate of drug-likeness (QED) is 0.0904. The predicted octanol–water partition coefficient (Wildman–Crippen LogP) is 13.7. The van der Waals surface area contributed by atoms with E-state index in [2.05, 4.69) is 15.0 Å². The molecule has 0 aliphatic heterocycles. The first-order valence-electron chi connectivity index (χ1n) is 21.4. The fourth-order valence-electron chi connectivity index (χ4n) is 9.17. The van der Waals surface area contributed by atoms with Crippen molar-refractivity contribution in [2.75, 3.05) is 0 Å². The number of phenols is 5. The third kappa shape index (κ3) is 7.78. The van der Waals surface area contributed by atoms with Crippen LogP contribution in [0.2, 0.25) is 0 Å². The van der Waals surface area contributed by atoms with Crippen molar-refractivity contribution in [2.45, 2.75) is 58.8 Å². The Hall–Kier alpha value is -7.86. The first-order chi connectivity index (χ1) is 31.6. The molecule has 1 unspecified atom stereocenters. The lowest BCUT2D eigenvalue weighted by molar-refractivity contribution is 0.430. The van der Waals surface area contributed by atoms with E-state index in [0.717, 1.165) is 0 Å². The first kappa shape index (κ1) is 43.4. The number of halogens is 3. The van der Waals surface area contributed by atoms with Gasteiger partial charge >= 0.3 is 0 Å². The Balaban J connectivity index is 1.08. The van der Waals surface area contributed by atoms with Gasteiger partial charge in [0.05, 0.1) is 0 Å². The molecule has 0 aliphatic carbocycles. The monoisotopic (exact) mass is 887 g/mol. The van der Waals surface area contributed by atoms with Crippen LogP contribution < -0.4 is 4.74 Å². The lowest BCUT2D eigenvalue weighted by Gasteiger charge is -2.20. The average molecular weight is 888 g/mol. The maximum atomic E-state index is 16.2. The van der Waals surface area contributed by atoms with Gasteiger partial charge in [0, 0.05) is 92.6 Å². The summed E-state index contributed by atoms with van der Waals surface area (Å²) in [5, 5.41) is 58.7. The van der Waals surface area contributed by atoms with Crippen LogP contribution in [0, 0.1) is 17.5 Å². The number of rotatable bonds is 10. The molecule has 0 aliphatic rings. The van der Waals surface area contributed by atoms with Crippen LogP contribution in [0.4, 0.5) is 13.2 Å². The number of fused-ring (bicyclic) bond motifs is 3. The second kappa shape index (κ2) is 16.9. The average Bonchev–Trinajstić information content (AvgIpc) is 3.26. The molecule has 3 heterocycles. The third-order valence-corrected chi connectivity index (χ3v) is 12.2. The van der Waals surface area contributed by atoms with Crippen LogP contribution in [0.3, 0.4) is 0 Å². The molecule has 0 spiro atoms. The van der Waals surface area contributed by atoms with Gasteiger partial charge < -0.3 is 30.3 Å². The van der Waals surface area contributed by atoms with E-state index in [1.807, 2.05) is 27.7 Å². The maximum Gasteiger partial charge on any atom is 0.139 e. The maximum absolute atomic E-state index is 16.2. The Morgan fingerprint density at radius 3 is 1.74 bits per heavy atom. The number of aromatic nitrogens is 3. The summed E-state index contributed by atoms with van der Waals surface area (Å²) in [4.78, 5) is 12.7. The Kier molecular flexibility index (Phi) is 11.1. The zero-order chi connectivity index (χ0) is 46.7. The molecule has 0 saturated heterocycles. The van der Waals surface area contributed by atoms with Crippen LogP contribution >= 0.6 is 0 Å². The Labute approximate surface area is 377 Å². The van der Waals surface area contributed by atoms with Crippen molar-refractivity contribution in [2.24, 2.45) is 0 Å². The SMILES string of the molecule is CC(C)c1c(O)cc(-c2cc(CC(C)c3c(O)cc(-c4cncc5c(Oc6cc(-c7cc(F)c8cnccc8c7)cc(O)c6C(C)C)cc(F)cc45)cc3O)c3cnccc3c2F)cc1O. The summed E-state index contributed by atoms with van der Waals surface area (Å²) < 4.78 is 53.6. The van der Waals surface area contributed by atoms with E-state index < -0.39 is 23.4 Å². The molecule has 0 bridgehead atoms. The van der Waals surface area contributed by atoms with Crippen LogP contribution in [0.5, 0.6) is 40.2 Å². The molecule has 9 nitrogen and oxygen atoms in total. The summed E-state index contributed by atoms with van der Waals surface area (Å²) in [7, 11) is 0. The number of pyridine rings is 3. The molecule has 0 radical (unpaired) electrons. The molecule has 3 aromatic heterocycles. The van der Waals surface area contributed by atoms with Gasteiger partial charge in [0.2, 0.25) is 0 Å². The second-order valence-corrected chi connectivity index (χ2v) is 17.3. The molecule has 9 aromatic rings. The van der Waals surface area contributed by atoms with E-state index in [0.29, 0.717) is 65.9 Å². The summed E-state index contributed by atoms with van der Waals surface area (Å²) in [6.45, 7) is 9.21. The molecule has 12 heteroatoms. The zero-order valence-electron chi connectivity index (χ0n) is 36.5. The van der Waals surface area contributed by atoms with Gasteiger partial charge in [-0.15, -0.1) is 0 Å². The van der Waals surface area contributed by atoms with Crippen molar-refractivity contribution in [1.29, 1.82) is 0 Å². The van der Waals surface area contributed by atoms with Gasteiger partial charge in [0.15, 0.2) is 0 Å². The Morgan fingerprint density at radius 1 is 0.485 bits per heavy atom. The Bertz CT molecular complexity index is 3370. The fraction of sp³-hybridized carbons (Fsp3) is 0.167. The number of benzene rings is 6. The largest absolute Gasteiger partial charge is 0.507 e. The van der Waals surface area contributed by atoms with E-state index in [9.17, 15) is 25.5 Å². The van der Waals surface area contributed by atoms with E-state index >= 15 is 13.2 Å². The van der Waals surface area contributed by atoms with Gasteiger partial charge in [-0.2, -0.15) is 0 Å². The normalized spacial score (nSPS) is 12.2. The van der Waals surface area contributed by atoms with Crippen LogP contribution in [-0.2, 0) is 6.42 Å². The van der Waals surface area contributed by atoms with Gasteiger partial charge in [0.1, 0.15) is 57.7 Å². The standard InChI is InChI=1S/C54H44F3N3O6/c1-26(2)51-44(61)15-33(16-45(51)62)37-12-32(39-22-59-9-7-36(39)54(37)57)10-28(5)53-47(64)17-34(18-48(53)65)40-23-60-25-42-38(40)20-35(55)21-49(42)66-50-19-31(14-46(63)52(50)27(3)4)30-11-29-6-8-58-24-41(29)43(56)13-30/h6-9,11-28,61-65H,10H2,1-5H3. The summed E-state index contributed by atoms with van der Waals surface area (Å²) in [6, 6.07) is 19.5. The highest BCUT2D eigenvalue weighted by Crippen LogP contribution is 2.47. The van der Waals surface area contributed by atoms with Crippen molar-refractivity contribution in [3.05, 3.63) is 156 Å². The third-order valence-electron chi connectivity index (χ3n) is 12.2. The highest BCUT2D eigenvalue weighted by atomic mass is 19.1. The van der Waals surface area contributed by atoms with Crippen LogP contribution in [-0.4, -0.2) is 40.5 Å². The molecule has 0 fully saturated rings. The molecular weight excluding hydrogens is 844 g/mol. The highest BCUT2D eigenvalue weighted by molar-refractivity contribution is 6.00. The number of hydrogen-bond acceptors (Lipinski definition) is 9. The van der Waals surface area contributed by atoms with Gasteiger partial charge in [-0.3, -0.25) is 15.0 Å². The molecule has 0 saturated carbocycles. The smallest absolute Gasteiger partial charge is 0.139 e. The second-order valence-electron chi connectivity index (χ2n) is 17.3. The fourth-order valence-corrected chi connectivity index (χ4v) is 9.17. The number of hydrogen-bond donors (Lipinski definition) is 5. The zero-order valence-corrected chi connectivity index (χ0v) is 36.5. The van der Waals surface area contributed by atoms with E-state index in [4.69, 9.17) is 4.74 Å². The molecule has 332 valence electrons. The van der Waals surface area contributed by atoms with Crippen LogP contribution in [0.15, 0.2) is 116 Å². The first-order valence-corrected chi connectivity index (χ1v) is 21.4. The van der Waals surface area contributed by atoms with Crippen LogP contribution in [0.25, 0.3) is 65.7 Å². The Morgan fingerprint density at radius 2 is 1.06 bits per heavy atom. The summed E-state index contributed by atoms with van der Waals surface area (Å²) in [6.07, 6.45) is 9.23. The lowest BCUT2D eigenvalue weighted by Crippen LogP contribution is -2.03. The number of nitrogens with zero attached hydrogens (tertiary/aromatic N) is 3. The van der Waals surface area contributed by atoms with Gasteiger partial charge in [-0.25, -0.2) is 13.2 Å². The van der Waals surface area contributed by atoms with Gasteiger partial charge in [-0.05, 0) is 136 Å². The minimum Gasteiger partial charge on any atom is -0.507 e. The number of aromatic hydroxyl groups is 5. The molecule has 1 atom stereocenters. The predicted molar refractivity (Wildman–Crippen MR) is 250 cm³/mol. The van der Waals surface area contributed by atoms with Crippen molar-refractivity contribution in [3.63, 3.8) is 0 Å². The molecule has 9 rings (SSSR count). The molecule has 0 amide bonds. The highest BCUT2D eigenvalue weighted by Gasteiger charge is 2.25. The van der Waals surface area contributed by atoms with Crippen molar-refractivity contribution < 1.29 is 43.4 Å². The van der Waals surface area contributed by atoms with Crippen molar-refractivity contribution >= 4 is 32.3 Å². The molecule has 66 heavy (non-hydrogen) atoms. The van der Waals surface area contributed by atoms with E-state index in [-0.39, 0.29) is 80.6 Å². The van der Waals surface area contributed by atoms with E-state index in [1.54, 1.807) is 55.7 Å². The lowest BCUT2D eigenvalue weighted by atomic mass is 9.87. The number of phenolic OH excluding ortho intramolecular Hbond substituents is 5. The topological polar surface area (TPSA) is 149 Å². The molecule has 6 aromatic carbocycles. The van der Waals surface area contributed by atoms with Crippen molar-refractivity contribution in [1.82, 2.24) is 15.0 Å². The van der Waals surface area contributed by atoms with Crippen molar-refractivity contribution in [3.8, 4) is 73.6 Å². The summed E-state index contributed by atoms with van der Waals surface area (Å²) in [5.74, 6) is -3.27. The summed E-state index contributed by atoms with van der Waals surface area (Å²) in [5.41, 5.74) is 3.71. The minimum atomic E-state index is -0.651. The number of ether oxygens (including phenoxy) is 1. The van der Waals surface area contributed by atoms with Gasteiger partial charge in [0.25, 0.3) is 0 Å². The van der Waals surface area contributed by atoms with Crippen LogP contribution in [0.1, 0.15) is 74.6 Å². The van der Waals surface area contributed by atoms with Gasteiger partial charge in [-0.1, -0.05) is 34.6 Å². The minimum absolute atomic E-state index is 0.0777. The molecule has 5 N–H and O–H groups in total. The molecular formula is C54H44F3N3O6. The summed E-state index contributed by atoms with van der Waals surface area (Å²) >= 11 is 0. The van der Waals surface area contributed by atoms with E-state index in [1.165, 1.54) is 67.3 Å².